The van der Waals surface area contributed by atoms with E-state index in [1.54, 1.807) is 22.7 Å². The number of allylic oxidation sites excluding steroid dienone is 1. The highest BCUT2D eigenvalue weighted by Gasteiger charge is 2.36. The lowest BCUT2D eigenvalue weighted by Crippen LogP contribution is -2.43. The summed E-state index contributed by atoms with van der Waals surface area (Å²) >= 11 is 2.81. The van der Waals surface area contributed by atoms with Gasteiger partial charge in [0, 0.05) is 29.6 Å². The molecule has 7 nitrogen and oxygen atoms in total. The van der Waals surface area contributed by atoms with Crippen LogP contribution in [0.2, 0.25) is 0 Å². The second-order valence-corrected chi connectivity index (χ2v) is 12.6. The van der Waals surface area contributed by atoms with Crippen LogP contribution in [0.25, 0.3) is 16.8 Å². The number of hydrogen-bond donors (Lipinski definition) is 0. The van der Waals surface area contributed by atoms with Gasteiger partial charge in [-0.1, -0.05) is 71.1 Å². The van der Waals surface area contributed by atoms with Crippen molar-refractivity contribution in [1.29, 1.82) is 0 Å². The number of amides is 1. The normalized spacial score (nSPS) is 14.9. The van der Waals surface area contributed by atoms with E-state index in [4.69, 9.17) is 14.1 Å². The number of likely N-dealkylation sites (N-methyl/N-ethyl adjacent to an activating group) is 1. The van der Waals surface area contributed by atoms with Gasteiger partial charge in [-0.05, 0) is 68.8 Å². The average molecular weight is 624 g/mol. The Hall–Kier alpha value is -4.34. The van der Waals surface area contributed by atoms with E-state index in [0.717, 1.165) is 26.3 Å². The molecule has 0 bridgehead atoms. The highest BCUT2D eigenvalue weighted by atomic mass is 32.2. The number of carbonyl (C=O) groups is 1. The lowest BCUT2D eigenvalue weighted by molar-refractivity contribution is -0.127. The minimum Gasteiger partial charge on any atom is -0.496 e. The van der Waals surface area contributed by atoms with Gasteiger partial charge in [-0.2, -0.15) is 0 Å². The summed E-state index contributed by atoms with van der Waals surface area (Å²) in [6, 6.07) is 23.1. The molecule has 9 heteroatoms. The highest BCUT2D eigenvalue weighted by molar-refractivity contribution is 7.99. The van der Waals surface area contributed by atoms with Crippen molar-refractivity contribution < 1.29 is 13.9 Å². The van der Waals surface area contributed by atoms with Crippen LogP contribution in [0.4, 0.5) is 0 Å². The zero-order valence-electron chi connectivity index (χ0n) is 25.3. The number of benzene rings is 3. The second-order valence-electron chi connectivity index (χ2n) is 10.5. The van der Waals surface area contributed by atoms with E-state index >= 15 is 0 Å². The first-order valence-electron chi connectivity index (χ1n) is 14.5. The molecule has 224 valence electrons. The Labute approximate surface area is 263 Å². The molecule has 5 aromatic rings. The van der Waals surface area contributed by atoms with Gasteiger partial charge in [-0.3, -0.25) is 14.2 Å². The number of rotatable bonds is 8. The molecule has 6 rings (SSSR count). The molecule has 0 radical (unpaired) electrons. The molecule has 1 aliphatic heterocycles. The van der Waals surface area contributed by atoms with Crippen LogP contribution < -0.4 is 19.6 Å². The summed E-state index contributed by atoms with van der Waals surface area (Å²) in [7, 11) is 1.61. The van der Waals surface area contributed by atoms with E-state index in [-0.39, 0.29) is 11.5 Å². The van der Waals surface area contributed by atoms with Crippen LogP contribution in [0.3, 0.4) is 0 Å². The first kappa shape index (κ1) is 29.7. The van der Waals surface area contributed by atoms with Crippen LogP contribution in [0.15, 0.2) is 108 Å². The van der Waals surface area contributed by atoms with Gasteiger partial charge in [0.15, 0.2) is 9.89 Å². The van der Waals surface area contributed by atoms with Gasteiger partial charge in [-0.25, -0.2) is 4.99 Å². The number of aryl methyl sites for hydroxylation is 1. The van der Waals surface area contributed by atoms with Crippen molar-refractivity contribution in [3.8, 4) is 5.75 Å². The molecule has 0 N–H and O–H groups in total. The Morgan fingerprint density at radius 3 is 2.52 bits per heavy atom. The summed E-state index contributed by atoms with van der Waals surface area (Å²) in [5.74, 6) is 1.03. The van der Waals surface area contributed by atoms with Crippen LogP contribution >= 0.6 is 23.1 Å². The third-order valence-corrected chi connectivity index (χ3v) is 9.75. The number of fused-ring (bicyclic) bond motifs is 2. The fourth-order valence-electron chi connectivity index (χ4n) is 5.60. The van der Waals surface area contributed by atoms with Gasteiger partial charge in [-0.15, -0.1) is 0 Å². The fourth-order valence-corrected chi connectivity index (χ4v) is 7.41. The monoisotopic (exact) mass is 623 g/mol. The van der Waals surface area contributed by atoms with Crippen LogP contribution in [0.5, 0.6) is 5.75 Å². The number of thiazole rings is 1. The van der Waals surface area contributed by atoms with E-state index in [9.17, 15) is 9.59 Å². The average Bonchev–Trinajstić information content (AvgIpc) is 3.60. The molecule has 3 aromatic carbocycles. The fraction of sp³-hybridized carbons (Fsp3) is 0.229. The molecular weight excluding hydrogens is 591 g/mol. The molecule has 0 spiro atoms. The molecule has 0 saturated carbocycles. The molecular formula is C35H33N3O4S2. The summed E-state index contributed by atoms with van der Waals surface area (Å²) in [6.45, 7) is 8.89. The van der Waals surface area contributed by atoms with Crippen molar-refractivity contribution in [3.05, 3.63) is 121 Å². The number of ether oxygens (including phenoxy) is 1. The Balaban J connectivity index is 1.53. The number of carbonyl (C=O) groups excluding carboxylic acids is 1. The Morgan fingerprint density at radius 1 is 1.05 bits per heavy atom. The van der Waals surface area contributed by atoms with Crippen molar-refractivity contribution in [2.45, 2.75) is 43.7 Å². The Kier molecular flexibility index (Phi) is 8.33. The number of methoxy groups -OCH3 is 1. The molecule has 2 aromatic heterocycles. The standard InChI is InChI=1S/C35H33N3O4S2/c1-6-37(7-2)34(40)30-22(4)36-35-38(32(30)31-26-11-9-8-10-23(26)14-18-27(31)41-5)33(39)28(44-35)20-24-15-19-29(42-24)43-25-16-12-21(3)13-17-25/h8-20,32H,6-7H2,1-5H3/b28-20+/t32-/m0/s1. The summed E-state index contributed by atoms with van der Waals surface area (Å²) in [5.41, 5.74) is 2.77. The van der Waals surface area contributed by atoms with Gasteiger partial charge in [0.2, 0.25) is 0 Å². The SMILES string of the molecule is CCN(CC)C(=O)C1=C(C)N=c2s/c(=C/c3ccc(Sc4ccc(C)cc4)o3)c(=O)n2[C@@H]1c1c(OC)ccc2ccccc12. The summed E-state index contributed by atoms with van der Waals surface area (Å²) in [5, 5.41) is 2.63. The van der Waals surface area contributed by atoms with E-state index in [1.807, 2.05) is 69.3 Å². The Morgan fingerprint density at radius 2 is 1.80 bits per heavy atom. The van der Waals surface area contributed by atoms with Crippen LogP contribution in [-0.4, -0.2) is 35.6 Å². The predicted octanol–water partition coefficient (Wildman–Crippen LogP) is 6.32. The van der Waals surface area contributed by atoms with Gasteiger partial charge in [0.25, 0.3) is 11.5 Å². The third kappa shape index (κ3) is 5.42. The summed E-state index contributed by atoms with van der Waals surface area (Å²) in [6.07, 6.45) is 1.76. The van der Waals surface area contributed by atoms with E-state index in [2.05, 4.69) is 31.2 Å². The minimum atomic E-state index is -0.730. The Bertz CT molecular complexity index is 2080. The number of aromatic nitrogens is 1. The number of hydrogen-bond acceptors (Lipinski definition) is 7. The van der Waals surface area contributed by atoms with Crippen molar-refractivity contribution >= 4 is 45.9 Å². The third-order valence-electron chi connectivity index (χ3n) is 7.84. The molecule has 1 atom stereocenters. The van der Waals surface area contributed by atoms with Gasteiger partial charge in [0.05, 0.1) is 22.9 Å². The zero-order chi connectivity index (χ0) is 31.0. The predicted molar refractivity (Wildman–Crippen MR) is 176 cm³/mol. The summed E-state index contributed by atoms with van der Waals surface area (Å²) in [4.78, 5) is 36.6. The van der Waals surface area contributed by atoms with Crippen LogP contribution in [0, 0.1) is 6.92 Å². The smallest absolute Gasteiger partial charge is 0.271 e. The van der Waals surface area contributed by atoms with Crippen molar-refractivity contribution in [3.63, 3.8) is 0 Å². The van der Waals surface area contributed by atoms with Gasteiger partial charge >= 0.3 is 0 Å². The van der Waals surface area contributed by atoms with Crippen molar-refractivity contribution in [2.24, 2.45) is 4.99 Å². The van der Waals surface area contributed by atoms with Gasteiger partial charge < -0.3 is 14.1 Å². The maximum atomic E-state index is 14.3. The zero-order valence-corrected chi connectivity index (χ0v) is 26.9. The molecule has 0 fully saturated rings. The molecule has 0 aliphatic carbocycles. The molecule has 0 unspecified atom stereocenters. The van der Waals surface area contributed by atoms with E-state index in [1.165, 1.54) is 28.7 Å². The highest BCUT2D eigenvalue weighted by Crippen LogP contribution is 2.40. The summed E-state index contributed by atoms with van der Waals surface area (Å²) < 4.78 is 14.1. The largest absolute Gasteiger partial charge is 0.496 e. The lowest BCUT2D eigenvalue weighted by atomic mass is 9.90. The maximum Gasteiger partial charge on any atom is 0.271 e. The van der Waals surface area contributed by atoms with Crippen molar-refractivity contribution in [2.75, 3.05) is 20.2 Å². The molecule has 1 amide bonds. The van der Waals surface area contributed by atoms with E-state index in [0.29, 0.717) is 45.2 Å². The lowest BCUT2D eigenvalue weighted by Gasteiger charge is -2.30. The first-order valence-corrected chi connectivity index (χ1v) is 16.2. The maximum absolute atomic E-state index is 14.3. The second kappa shape index (κ2) is 12.3. The van der Waals surface area contributed by atoms with Gasteiger partial charge in [0.1, 0.15) is 17.6 Å². The number of furan rings is 1. The molecule has 1 aliphatic rings. The number of nitrogens with zero attached hydrogens (tertiary/aromatic N) is 3. The molecule has 0 saturated heterocycles. The minimum absolute atomic E-state index is 0.144. The topological polar surface area (TPSA) is 77.0 Å². The van der Waals surface area contributed by atoms with Crippen LogP contribution in [0.1, 0.15) is 43.7 Å². The van der Waals surface area contributed by atoms with Crippen LogP contribution in [-0.2, 0) is 4.79 Å². The van der Waals surface area contributed by atoms with Crippen molar-refractivity contribution in [1.82, 2.24) is 9.47 Å². The molecule has 44 heavy (non-hydrogen) atoms. The quantitative estimate of drug-likeness (QED) is 0.202. The first-order chi connectivity index (χ1) is 21.3. The van der Waals surface area contributed by atoms with E-state index < -0.39 is 6.04 Å². The molecule has 3 heterocycles.